The number of piperidine rings is 1. The third kappa shape index (κ3) is 3.83. The van der Waals surface area contributed by atoms with Gasteiger partial charge in [-0.25, -0.2) is 14.8 Å². The summed E-state index contributed by atoms with van der Waals surface area (Å²) in [7, 11) is 0. The molecule has 4 rings (SSSR count). The predicted molar refractivity (Wildman–Crippen MR) is 129 cm³/mol. The second-order valence-electron chi connectivity index (χ2n) is 8.27. The number of amides is 2. The van der Waals surface area contributed by atoms with Crippen LogP contribution in [0.25, 0.3) is 10.2 Å². The summed E-state index contributed by atoms with van der Waals surface area (Å²) >= 11 is 1.46. The van der Waals surface area contributed by atoms with Crippen LogP contribution in [-0.4, -0.2) is 53.7 Å². The Bertz CT molecular complexity index is 1180. The number of urea groups is 1. The zero-order chi connectivity index (χ0) is 23.6. The van der Waals surface area contributed by atoms with E-state index in [4.69, 9.17) is 11.4 Å². The number of rotatable bonds is 5. The molecule has 172 valence electrons. The highest BCUT2D eigenvalue weighted by Crippen LogP contribution is 2.45. The SMILES string of the molecule is C#Cc1cc(N2C=CC=NC2(NC(=O)NCC)C2CNCCC2(C)C(=O)O)cc2ncsc12. The average Bonchev–Trinajstić information content (AvgIpc) is 3.28. The predicted octanol–water partition coefficient (Wildman–Crippen LogP) is 2.36. The maximum Gasteiger partial charge on any atom is 0.318 e. The number of carboxylic acid groups (broad SMARTS) is 1. The molecule has 1 aromatic carbocycles. The molecule has 1 saturated heterocycles. The summed E-state index contributed by atoms with van der Waals surface area (Å²) in [6.07, 6.45) is 11.3. The Morgan fingerprint density at radius 2 is 2.27 bits per heavy atom. The van der Waals surface area contributed by atoms with E-state index in [0.29, 0.717) is 37.3 Å². The summed E-state index contributed by atoms with van der Waals surface area (Å²) in [6.45, 7) is 4.84. The number of allylic oxidation sites excluding steroid dienone is 1. The molecule has 3 heterocycles. The van der Waals surface area contributed by atoms with E-state index in [1.807, 2.05) is 19.1 Å². The molecule has 4 N–H and O–H groups in total. The highest BCUT2D eigenvalue weighted by Gasteiger charge is 2.57. The van der Waals surface area contributed by atoms with Crippen molar-refractivity contribution in [2.75, 3.05) is 24.5 Å². The van der Waals surface area contributed by atoms with Crippen LogP contribution in [0.5, 0.6) is 0 Å². The minimum Gasteiger partial charge on any atom is -0.481 e. The molecular weight excluding hydrogens is 440 g/mol. The highest BCUT2D eigenvalue weighted by atomic mass is 32.1. The standard InChI is InChI=1S/C23H26N6O3S/c1-4-15-11-16(12-17-19(15)33-14-26-17)29-10-6-8-27-23(29,28-21(32)25-5-2)18-13-24-9-7-22(18,3)20(30)31/h1,6,8,10-12,14,18,24H,5,7,9,13H2,2-3H3,(H,30,31)(H2,25,28,32). The average molecular weight is 467 g/mol. The first-order chi connectivity index (χ1) is 15.9. The fourth-order valence-electron chi connectivity index (χ4n) is 4.59. The van der Waals surface area contributed by atoms with E-state index in [1.165, 1.54) is 11.3 Å². The van der Waals surface area contributed by atoms with Crippen LogP contribution < -0.4 is 20.9 Å². The number of fused-ring (bicyclic) bond motifs is 1. The van der Waals surface area contributed by atoms with Crippen LogP contribution >= 0.6 is 11.3 Å². The first-order valence-corrected chi connectivity index (χ1v) is 11.6. The van der Waals surface area contributed by atoms with Crippen LogP contribution in [0.1, 0.15) is 25.8 Å². The van der Waals surface area contributed by atoms with Gasteiger partial charge in [-0.2, -0.15) is 0 Å². The topological polar surface area (TPSA) is 119 Å². The number of benzene rings is 1. The monoisotopic (exact) mass is 466 g/mol. The third-order valence-electron chi connectivity index (χ3n) is 6.36. The van der Waals surface area contributed by atoms with Gasteiger partial charge in [-0.3, -0.25) is 10.1 Å². The Balaban J connectivity index is 1.92. The Morgan fingerprint density at radius 3 is 3.00 bits per heavy atom. The third-order valence-corrected chi connectivity index (χ3v) is 7.23. The summed E-state index contributed by atoms with van der Waals surface area (Å²) in [5, 5.41) is 19.3. The number of carbonyl (C=O) groups excluding carboxylic acids is 1. The molecule has 1 aromatic heterocycles. The number of aliphatic carboxylic acids is 1. The van der Waals surface area contributed by atoms with Crippen molar-refractivity contribution in [1.29, 1.82) is 0 Å². The first kappa shape index (κ1) is 22.8. The number of aliphatic imine (C=N–C) groups is 1. The van der Waals surface area contributed by atoms with Gasteiger partial charge >= 0.3 is 12.0 Å². The maximum absolute atomic E-state index is 12.9. The molecule has 0 spiro atoms. The molecule has 2 aromatic rings. The maximum atomic E-state index is 12.9. The van der Waals surface area contributed by atoms with Crippen LogP contribution in [0.4, 0.5) is 10.5 Å². The normalized spacial score (nSPS) is 26.7. The van der Waals surface area contributed by atoms with Crippen LogP contribution in [0.2, 0.25) is 0 Å². The van der Waals surface area contributed by atoms with Crippen molar-refractivity contribution in [3.05, 3.63) is 35.5 Å². The van der Waals surface area contributed by atoms with Crippen molar-refractivity contribution < 1.29 is 14.7 Å². The van der Waals surface area contributed by atoms with Gasteiger partial charge in [0.1, 0.15) is 0 Å². The van der Waals surface area contributed by atoms with Crippen molar-refractivity contribution in [3.8, 4) is 12.3 Å². The molecule has 0 bridgehead atoms. The van der Waals surface area contributed by atoms with Gasteiger partial charge < -0.3 is 20.6 Å². The quantitative estimate of drug-likeness (QED) is 0.503. The molecule has 2 aliphatic heterocycles. The Kier molecular flexibility index (Phi) is 6.10. The molecule has 0 saturated carbocycles. The number of nitrogens with one attached hydrogen (secondary N) is 3. The Labute approximate surface area is 196 Å². The fourth-order valence-corrected chi connectivity index (χ4v) is 5.34. The first-order valence-electron chi connectivity index (χ1n) is 10.7. The molecule has 2 amide bonds. The molecular formula is C23H26N6O3S. The molecule has 3 atom stereocenters. The highest BCUT2D eigenvalue weighted by molar-refractivity contribution is 7.17. The van der Waals surface area contributed by atoms with E-state index in [1.54, 1.807) is 35.8 Å². The number of carboxylic acids is 1. The Hall–Kier alpha value is -3.42. The van der Waals surface area contributed by atoms with E-state index in [-0.39, 0.29) is 0 Å². The van der Waals surface area contributed by atoms with Gasteiger partial charge in [-0.1, -0.05) is 5.92 Å². The molecule has 0 radical (unpaired) electrons. The fraction of sp³-hybridized carbons (Fsp3) is 0.391. The smallest absolute Gasteiger partial charge is 0.318 e. The van der Waals surface area contributed by atoms with Crippen molar-refractivity contribution in [1.82, 2.24) is 20.9 Å². The van der Waals surface area contributed by atoms with Crippen molar-refractivity contribution >= 4 is 45.5 Å². The minimum absolute atomic E-state index is 0.345. The molecule has 33 heavy (non-hydrogen) atoms. The van der Waals surface area contributed by atoms with Gasteiger partial charge in [0.25, 0.3) is 0 Å². The van der Waals surface area contributed by atoms with Gasteiger partial charge in [0.2, 0.25) is 5.79 Å². The lowest BCUT2D eigenvalue weighted by Gasteiger charge is -2.52. The van der Waals surface area contributed by atoms with E-state index < -0.39 is 29.1 Å². The summed E-state index contributed by atoms with van der Waals surface area (Å²) in [5.74, 6) is -0.245. The number of hydrogen-bond donors (Lipinski definition) is 4. The lowest BCUT2D eigenvalue weighted by molar-refractivity contribution is -0.155. The number of carbonyl (C=O) groups is 2. The summed E-state index contributed by atoms with van der Waals surface area (Å²) < 4.78 is 0.891. The van der Waals surface area contributed by atoms with Crippen molar-refractivity contribution in [2.24, 2.45) is 16.3 Å². The molecule has 2 aliphatic rings. The summed E-state index contributed by atoms with van der Waals surface area (Å²) in [6, 6.07) is 3.27. The minimum atomic E-state index is -1.41. The zero-order valence-corrected chi connectivity index (χ0v) is 19.3. The lowest BCUT2D eigenvalue weighted by atomic mass is 9.68. The van der Waals surface area contributed by atoms with Gasteiger partial charge in [-0.15, -0.1) is 17.8 Å². The van der Waals surface area contributed by atoms with E-state index in [0.717, 1.165) is 10.2 Å². The molecule has 0 aliphatic carbocycles. The van der Waals surface area contributed by atoms with Crippen LogP contribution in [0.15, 0.2) is 34.9 Å². The van der Waals surface area contributed by atoms with Gasteiger partial charge in [0.15, 0.2) is 0 Å². The summed E-state index contributed by atoms with van der Waals surface area (Å²) in [4.78, 5) is 36.3. The van der Waals surface area contributed by atoms with Crippen LogP contribution in [-0.2, 0) is 4.79 Å². The number of hydrogen-bond acceptors (Lipinski definition) is 7. The zero-order valence-electron chi connectivity index (χ0n) is 18.5. The van der Waals surface area contributed by atoms with Gasteiger partial charge in [0, 0.05) is 36.8 Å². The second kappa shape index (κ2) is 8.84. The number of aromatic nitrogens is 1. The number of thiazole rings is 1. The second-order valence-corrected chi connectivity index (χ2v) is 9.12. The van der Waals surface area contributed by atoms with E-state index >= 15 is 0 Å². The van der Waals surface area contributed by atoms with E-state index in [9.17, 15) is 14.7 Å². The number of terminal acetylenes is 1. The number of anilines is 1. The molecule has 10 heteroatoms. The lowest BCUT2D eigenvalue weighted by Crippen LogP contribution is -2.71. The van der Waals surface area contributed by atoms with Gasteiger partial charge in [-0.05, 0) is 45.0 Å². The number of nitrogens with zero attached hydrogens (tertiary/aromatic N) is 3. The van der Waals surface area contributed by atoms with E-state index in [2.05, 4.69) is 26.9 Å². The Morgan fingerprint density at radius 1 is 1.45 bits per heavy atom. The van der Waals surface area contributed by atoms with Crippen LogP contribution in [0.3, 0.4) is 0 Å². The van der Waals surface area contributed by atoms with Crippen molar-refractivity contribution in [3.63, 3.8) is 0 Å². The molecule has 9 nitrogen and oxygen atoms in total. The summed E-state index contributed by atoms with van der Waals surface area (Å²) in [5.41, 5.74) is 2.63. The largest absolute Gasteiger partial charge is 0.481 e. The van der Waals surface area contributed by atoms with Crippen LogP contribution in [0, 0.1) is 23.7 Å². The van der Waals surface area contributed by atoms with Gasteiger partial charge in [0.05, 0.1) is 27.1 Å². The van der Waals surface area contributed by atoms with Crippen molar-refractivity contribution in [2.45, 2.75) is 26.1 Å². The molecule has 1 fully saturated rings. The molecule has 3 unspecified atom stereocenters.